The number of halogens is 3. The van der Waals surface area contributed by atoms with Crippen molar-refractivity contribution in [2.75, 3.05) is 4.90 Å². The van der Waals surface area contributed by atoms with Gasteiger partial charge < -0.3 is 20.1 Å². The standard InChI is InChI=1S/C27H27ClF2N4O5/c1-15-13-32-22(21-8-9-31-25(33-21)26(4,5)36)12-23(15)34(14-35)16(2)10-24(17(3)28)39-27(37,38)19-7-6-18(29)11-20(19)30/h6-14,36-38H,1-5H3/b16-10-,24-17-. The van der Waals surface area contributed by atoms with Crippen LogP contribution in [0.3, 0.4) is 0 Å². The second-order valence-corrected chi connectivity index (χ2v) is 9.74. The monoisotopic (exact) mass is 560 g/mol. The number of pyridine rings is 1. The Kier molecular flexibility index (Phi) is 8.81. The second kappa shape index (κ2) is 11.5. The molecule has 1 amide bonds. The number of anilines is 1. The lowest BCUT2D eigenvalue weighted by molar-refractivity contribution is -0.332. The van der Waals surface area contributed by atoms with Crippen LogP contribution in [0.25, 0.3) is 11.4 Å². The zero-order valence-electron chi connectivity index (χ0n) is 21.8. The van der Waals surface area contributed by atoms with Crippen molar-refractivity contribution in [3.63, 3.8) is 0 Å². The zero-order valence-corrected chi connectivity index (χ0v) is 22.5. The summed E-state index contributed by atoms with van der Waals surface area (Å²) in [6, 6.07) is 5.33. The average Bonchev–Trinajstić information content (AvgIpc) is 2.84. The first-order chi connectivity index (χ1) is 18.1. The van der Waals surface area contributed by atoms with Crippen LogP contribution in [-0.4, -0.2) is 36.7 Å². The molecular weight excluding hydrogens is 534 g/mol. The number of carbonyl (C=O) groups excluding carboxylic acids is 1. The molecule has 0 aliphatic carbocycles. The molecular formula is C27H27ClF2N4O5. The Morgan fingerprint density at radius 1 is 1.08 bits per heavy atom. The van der Waals surface area contributed by atoms with Gasteiger partial charge in [-0.3, -0.25) is 14.7 Å². The van der Waals surface area contributed by atoms with Crippen molar-refractivity contribution < 1.29 is 33.6 Å². The van der Waals surface area contributed by atoms with Gasteiger partial charge in [-0.1, -0.05) is 11.6 Å². The molecule has 0 radical (unpaired) electrons. The molecule has 0 bridgehead atoms. The predicted molar refractivity (Wildman–Crippen MR) is 140 cm³/mol. The molecule has 0 aliphatic heterocycles. The Balaban J connectivity index is 1.99. The van der Waals surface area contributed by atoms with Crippen molar-refractivity contribution in [3.8, 4) is 11.4 Å². The molecule has 39 heavy (non-hydrogen) atoms. The topological polar surface area (TPSA) is 129 Å². The zero-order chi connectivity index (χ0) is 29.1. The summed E-state index contributed by atoms with van der Waals surface area (Å²) in [5.74, 6) is -5.49. The number of aromatic nitrogens is 3. The summed E-state index contributed by atoms with van der Waals surface area (Å²) >= 11 is 6.11. The minimum atomic E-state index is -3.21. The molecule has 2 heterocycles. The van der Waals surface area contributed by atoms with E-state index in [1.165, 1.54) is 37.2 Å². The number of carbonyl (C=O) groups is 1. The number of aryl methyl sites for hydroxylation is 1. The fraction of sp³-hybridized carbons (Fsp3) is 0.259. The molecule has 0 atom stereocenters. The van der Waals surface area contributed by atoms with Gasteiger partial charge in [-0.15, -0.1) is 0 Å². The summed E-state index contributed by atoms with van der Waals surface area (Å²) in [6.07, 6.45) is 4.78. The van der Waals surface area contributed by atoms with E-state index in [2.05, 4.69) is 15.0 Å². The van der Waals surface area contributed by atoms with Gasteiger partial charge in [0.05, 0.1) is 27.7 Å². The minimum Gasteiger partial charge on any atom is -0.434 e. The first-order valence-electron chi connectivity index (χ1n) is 11.6. The number of hydrogen-bond donors (Lipinski definition) is 3. The van der Waals surface area contributed by atoms with E-state index in [1.807, 2.05) is 0 Å². The van der Waals surface area contributed by atoms with Gasteiger partial charge in [0.25, 0.3) is 0 Å². The van der Waals surface area contributed by atoms with E-state index in [1.54, 1.807) is 32.9 Å². The molecule has 2 aromatic heterocycles. The van der Waals surface area contributed by atoms with Gasteiger partial charge in [-0.05, 0) is 64.4 Å². The Morgan fingerprint density at radius 3 is 2.36 bits per heavy atom. The van der Waals surface area contributed by atoms with E-state index < -0.39 is 28.8 Å². The second-order valence-electron chi connectivity index (χ2n) is 9.17. The lowest BCUT2D eigenvalue weighted by Crippen LogP contribution is -2.30. The van der Waals surface area contributed by atoms with E-state index in [-0.39, 0.29) is 22.3 Å². The number of benzene rings is 1. The molecule has 0 saturated carbocycles. The number of hydrogen-bond acceptors (Lipinski definition) is 8. The Bertz CT molecular complexity index is 1450. The fourth-order valence-corrected chi connectivity index (χ4v) is 3.55. The highest BCUT2D eigenvalue weighted by Crippen LogP contribution is 2.31. The highest BCUT2D eigenvalue weighted by atomic mass is 35.5. The van der Waals surface area contributed by atoms with Crippen molar-refractivity contribution in [1.29, 1.82) is 0 Å². The van der Waals surface area contributed by atoms with Crippen molar-refractivity contribution in [2.24, 2.45) is 0 Å². The first-order valence-corrected chi connectivity index (χ1v) is 11.9. The molecule has 0 saturated heterocycles. The van der Waals surface area contributed by atoms with Crippen LogP contribution in [0, 0.1) is 18.6 Å². The Hall–Kier alpha value is -3.77. The van der Waals surface area contributed by atoms with Crippen LogP contribution in [0.2, 0.25) is 0 Å². The molecule has 3 rings (SSSR count). The summed E-state index contributed by atoms with van der Waals surface area (Å²) in [7, 11) is 0. The van der Waals surface area contributed by atoms with Crippen molar-refractivity contribution >= 4 is 23.7 Å². The van der Waals surface area contributed by atoms with E-state index in [0.717, 1.165) is 12.1 Å². The third-order valence-electron chi connectivity index (χ3n) is 5.50. The van der Waals surface area contributed by atoms with Crippen LogP contribution in [0.4, 0.5) is 14.5 Å². The molecule has 0 unspecified atom stereocenters. The maximum Gasteiger partial charge on any atom is 0.354 e. The number of ether oxygens (including phenoxy) is 1. The van der Waals surface area contributed by atoms with Crippen LogP contribution in [0.1, 0.15) is 44.6 Å². The number of allylic oxidation sites excluding steroid dienone is 3. The van der Waals surface area contributed by atoms with Gasteiger partial charge in [0.15, 0.2) is 5.82 Å². The molecule has 12 heteroatoms. The summed E-state index contributed by atoms with van der Waals surface area (Å²) in [4.78, 5) is 26.3. The van der Waals surface area contributed by atoms with Crippen molar-refractivity contribution in [1.82, 2.24) is 15.0 Å². The SMILES string of the molecule is C/C(=C/C(OC(O)(O)c1ccc(F)cc1F)=C(\C)Cl)N(C=O)c1cc(-c2ccnc(C(C)(C)O)n2)ncc1C. The van der Waals surface area contributed by atoms with E-state index in [9.17, 15) is 28.9 Å². The van der Waals surface area contributed by atoms with E-state index >= 15 is 0 Å². The molecule has 3 aromatic rings. The third kappa shape index (κ3) is 7.01. The van der Waals surface area contributed by atoms with Gasteiger partial charge in [0.1, 0.15) is 23.0 Å². The van der Waals surface area contributed by atoms with Crippen LogP contribution < -0.4 is 4.90 Å². The lowest BCUT2D eigenvalue weighted by atomic mass is 10.1. The van der Waals surface area contributed by atoms with Gasteiger partial charge in [-0.2, -0.15) is 0 Å². The fourth-order valence-electron chi connectivity index (χ4n) is 3.46. The van der Waals surface area contributed by atoms with Crippen LogP contribution >= 0.6 is 11.6 Å². The summed E-state index contributed by atoms with van der Waals surface area (Å²) in [5.41, 5.74) is 0.00555. The number of amides is 1. The van der Waals surface area contributed by atoms with Crippen molar-refractivity contribution in [2.45, 2.75) is 46.2 Å². The molecule has 3 N–H and O–H groups in total. The lowest BCUT2D eigenvalue weighted by Gasteiger charge is -2.26. The quantitative estimate of drug-likeness (QED) is 0.151. The summed E-state index contributed by atoms with van der Waals surface area (Å²) < 4.78 is 32.7. The normalized spacial score (nSPS) is 13.2. The summed E-state index contributed by atoms with van der Waals surface area (Å²) in [6.45, 7) is 7.73. The predicted octanol–water partition coefficient (Wildman–Crippen LogP) is 4.50. The number of rotatable bonds is 9. The van der Waals surface area contributed by atoms with E-state index in [0.29, 0.717) is 35.1 Å². The molecule has 9 nitrogen and oxygen atoms in total. The first kappa shape index (κ1) is 29.8. The molecule has 0 aliphatic rings. The van der Waals surface area contributed by atoms with Crippen molar-refractivity contribution in [3.05, 3.63) is 93.9 Å². The highest BCUT2D eigenvalue weighted by molar-refractivity contribution is 6.29. The third-order valence-corrected chi connectivity index (χ3v) is 5.68. The highest BCUT2D eigenvalue weighted by Gasteiger charge is 2.33. The van der Waals surface area contributed by atoms with Gasteiger partial charge in [0.2, 0.25) is 6.41 Å². The number of aliphatic hydroxyl groups is 3. The molecule has 0 spiro atoms. The minimum absolute atomic E-state index is 0.0533. The van der Waals surface area contributed by atoms with Crippen LogP contribution in [0.5, 0.6) is 0 Å². The smallest absolute Gasteiger partial charge is 0.354 e. The molecule has 206 valence electrons. The van der Waals surface area contributed by atoms with Crippen LogP contribution in [-0.2, 0) is 21.1 Å². The summed E-state index contributed by atoms with van der Waals surface area (Å²) in [5, 5.41) is 31.0. The maximum absolute atomic E-state index is 14.2. The van der Waals surface area contributed by atoms with Gasteiger partial charge >= 0.3 is 5.97 Å². The Labute approximate surface area is 228 Å². The maximum atomic E-state index is 14.2. The van der Waals surface area contributed by atoms with Crippen LogP contribution in [0.15, 0.2) is 65.3 Å². The van der Waals surface area contributed by atoms with E-state index in [4.69, 9.17) is 16.3 Å². The largest absolute Gasteiger partial charge is 0.434 e. The van der Waals surface area contributed by atoms with Gasteiger partial charge in [-0.25, -0.2) is 18.7 Å². The number of nitrogens with zero attached hydrogens (tertiary/aromatic N) is 4. The molecule has 0 fully saturated rings. The molecule has 1 aromatic carbocycles. The average molecular weight is 561 g/mol. The van der Waals surface area contributed by atoms with Gasteiger partial charge in [0, 0.05) is 30.2 Å². The Morgan fingerprint density at radius 2 is 1.77 bits per heavy atom.